The van der Waals surface area contributed by atoms with E-state index in [2.05, 4.69) is 27.8 Å². The molecule has 8 heteroatoms. The lowest BCUT2D eigenvalue weighted by Gasteiger charge is -2.36. The minimum atomic E-state index is 0.212. The third-order valence-corrected chi connectivity index (χ3v) is 6.36. The van der Waals surface area contributed by atoms with Crippen LogP contribution in [0.1, 0.15) is 17.7 Å². The van der Waals surface area contributed by atoms with E-state index in [1.807, 2.05) is 36.1 Å². The van der Waals surface area contributed by atoms with Gasteiger partial charge >= 0.3 is 0 Å². The molecule has 2 fully saturated rings. The molecule has 172 valence electrons. The number of likely N-dealkylation sites (N-methyl/N-ethyl adjacent to an activating group) is 1. The van der Waals surface area contributed by atoms with Crippen molar-refractivity contribution in [1.82, 2.24) is 19.8 Å². The van der Waals surface area contributed by atoms with Gasteiger partial charge in [-0.15, -0.1) is 0 Å². The average molecular weight is 439 g/mol. The van der Waals surface area contributed by atoms with Crippen LogP contribution in [-0.2, 0) is 11.2 Å². The molecule has 2 saturated heterocycles. The van der Waals surface area contributed by atoms with E-state index >= 15 is 0 Å². The molecule has 0 atom stereocenters. The zero-order valence-corrected chi connectivity index (χ0v) is 19.5. The van der Waals surface area contributed by atoms with Gasteiger partial charge in [-0.1, -0.05) is 12.1 Å². The standard InChI is InChI=1S/C24H34N6O2/c1-19-18-22(28-12-10-27(2)11-13-28)26-24(25-19)30-16-14-29(15-17-30)23(31)9-6-20-4-7-21(32-3)8-5-20/h4-5,7-8,18H,6,9-17H2,1-3H3. The molecule has 0 aliphatic carbocycles. The van der Waals surface area contributed by atoms with Crippen molar-refractivity contribution in [2.24, 2.45) is 0 Å². The Kier molecular flexibility index (Phi) is 7.09. The first kappa shape index (κ1) is 22.3. The fraction of sp³-hybridized carbons (Fsp3) is 0.542. The molecule has 0 saturated carbocycles. The van der Waals surface area contributed by atoms with Gasteiger partial charge in [0.25, 0.3) is 0 Å². The Morgan fingerprint density at radius 1 is 0.938 bits per heavy atom. The van der Waals surface area contributed by atoms with Gasteiger partial charge in [0, 0.05) is 70.5 Å². The predicted molar refractivity (Wildman–Crippen MR) is 127 cm³/mol. The number of carbonyl (C=O) groups excluding carboxylic acids is 1. The highest BCUT2D eigenvalue weighted by atomic mass is 16.5. The predicted octanol–water partition coefficient (Wildman–Crippen LogP) is 1.83. The number of aryl methyl sites for hydroxylation is 2. The van der Waals surface area contributed by atoms with E-state index < -0.39 is 0 Å². The molecular formula is C24H34N6O2. The molecule has 0 unspecified atom stereocenters. The Labute approximate surface area is 190 Å². The molecule has 3 heterocycles. The first-order valence-electron chi connectivity index (χ1n) is 11.5. The molecule has 1 amide bonds. The highest BCUT2D eigenvalue weighted by Crippen LogP contribution is 2.20. The zero-order chi connectivity index (χ0) is 22.5. The van der Waals surface area contributed by atoms with Crippen molar-refractivity contribution in [3.8, 4) is 5.75 Å². The highest BCUT2D eigenvalue weighted by Gasteiger charge is 2.24. The molecular weight excluding hydrogens is 404 g/mol. The summed E-state index contributed by atoms with van der Waals surface area (Å²) in [5, 5.41) is 0. The molecule has 2 aliphatic heterocycles. The fourth-order valence-corrected chi connectivity index (χ4v) is 4.23. The third-order valence-electron chi connectivity index (χ3n) is 6.36. The van der Waals surface area contributed by atoms with Crippen LogP contribution in [0.5, 0.6) is 5.75 Å². The van der Waals surface area contributed by atoms with Crippen molar-refractivity contribution in [1.29, 1.82) is 0 Å². The van der Waals surface area contributed by atoms with E-state index in [9.17, 15) is 4.79 Å². The second-order valence-electron chi connectivity index (χ2n) is 8.67. The number of amides is 1. The Balaban J connectivity index is 1.30. The summed E-state index contributed by atoms with van der Waals surface area (Å²) in [5.41, 5.74) is 2.14. The van der Waals surface area contributed by atoms with Crippen LogP contribution >= 0.6 is 0 Å². The summed E-state index contributed by atoms with van der Waals surface area (Å²) in [6.45, 7) is 9.06. The van der Waals surface area contributed by atoms with Crippen LogP contribution in [0, 0.1) is 6.92 Å². The van der Waals surface area contributed by atoms with E-state index in [0.29, 0.717) is 19.5 Å². The molecule has 2 aliphatic rings. The monoisotopic (exact) mass is 438 g/mol. The number of aromatic nitrogens is 2. The number of ether oxygens (including phenoxy) is 1. The third kappa shape index (κ3) is 5.48. The number of rotatable bonds is 6. The maximum absolute atomic E-state index is 12.7. The van der Waals surface area contributed by atoms with Gasteiger partial charge < -0.3 is 24.3 Å². The van der Waals surface area contributed by atoms with Gasteiger partial charge in [0.1, 0.15) is 11.6 Å². The van der Waals surface area contributed by atoms with Crippen LogP contribution in [-0.4, -0.2) is 92.2 Å². The SMILES string of the molecule is COc1ccc(CCC(=O)N2CCN(c3nc(C)cc(N4CCN(C)CC4)n3)CC2)cc1. The number of benzene rings is 1. The van der Waals surface area contributed by atoms with Crippen LogP contribution in [0.15, 0.2) is 30.3 Å². The summed E-state index contributed by atoms with van der Waals surface area (Å²) < 4.78 is 5.20. The lowest BCUT2D eigenvalue weighted by molar-refractivity contribution is -0.131. The zero-order valence-electron chi connectivity index (χ0n) is 19.5. The van der Waals surface area contributed by atoms with Crippen molar-refractivity contribution in [2.45, 2.75) is 19.8 Å². The van der Waals surface area contributed by atoms with Crippen LogP contribution in [0.2, 0.25) is 0 Å². The Bertz CT molecular complexity index is 903. The number of nitrogens with zero attached hydrogens (tertiary/aromatic N) is 6. The van der Waals surface area contributed by atoms with Gasteiger partial charge in [0.05, 0.1) is 7.11 Å². The first-order chi connectivity index (χ1) is 15.5. The van der Waals surface area contributed by atoms with E-state index in [-0.39, 0.29) is 5.91 Å². The van der Waals surface area contributed by atoms with Crippen LogP contribution < -0.4 is 14.5 Å². The number of methoxy groups -OCH3 is 1. The minimum absolute atomic E-state index is 0.212. The molecule has 1 aromatic heterocycles. The molecule has 0 radical (unpaired) electrons. The fourth-order valence-electron chi connectivity index (χ4n) is 4.23. The Morgan fingerprint density at radius 2 is 1.59 bits per heavy atom. The maximum Gasteiger partial charge on any atom is 0.227 e. The summed E-state index contributed by atoms with van der Waals surface area (Å²) in [6, 6.07) is 10.0. The smallest absolute Gasteiger partial charge is 0.227 e. The van der Waals surface area contributed by atoms with E-state index in [1.165, 1.54) is 0 Å². The number of hydrogen-bond donors (Lipinski definition) is 0. The van der Waals surface area contributed by atoms with Crippen molar-refractivity contribution in [2.75, 3.05) is 76.3 Å². The van der Waals surface area contributed by atoms with Crippen molar-refractivity contribution in [3.05, 3.63) is 41.6 Å². The second kappa shape index (κ2) is 10.2. The summed E-state index contributed by atoms with van der Waals surface area (Å²) in [4.78, 5) is 31.2. The number of piperazine rings is 2. The first-order valence-corrected chi connectivity index (χ1v) is 11.5. The molecule has 4 rings (SSSR count). The molecule has 0 N–H and O–H groups in total. The van der Waals surface area contributed by atoms with Gasteiger partial charge in [-0.3, -0.25) is 4.79 Å². The van der Waals surface area contributed by atoms with Gasteiger partial charge in [-0.05, 0) is 38.1 Å². The summed E-state index contributed by atoms with van der Waals surface area (Å²) in [5.74, 6) is 2.84. The number of hydrogen-bond acceptors (Lipinski definition) is 7. The quantitative estimate of drug-likeness (QED) is 0.682. The minimum Gasteiger partial charge on any atom is -0.497 e. The normalized spacial score (nSPS) is 17.5. The largest absolute Gasteiger partial charge is 0.497 e. The van der Waals surface area contributed by atoms with Gasteiger partial charge in [-0.25, -0.2) is 4.98 Å². The van der Waals surface area contributed by atoms with E-state index in [0.717, 1.165) is 74.5 Å². The molecule has 32 heavy (non-hydrogen) atoms. The van der Waals surface area contributed by atoms with E-state index in [4.69, 9.17) is 14.7 Å². The van der Waals surface area contributed by atoms with Crippen molar-refractivity contribution in [3.63, 3.8) is 0 Å². The lowest BCUT2D eigenvalue weighted by Crippen LogP contribution is -2.49. The lowest BCUT2D eigenvalue weighted by atomic mass is 10.1. The van der Waals surface area contributed by atoms with Crippen LogP contribution in [0.25, 0.3) is 0 Å². The molecule has 0 spiro atoms. The van der Waals surface area contributed by atoms with Gasteiger partial charge in [0.15, 0.2) is 0 Å². The van der Waals surface area contributed by atoms with Gasteiger partial charge in [0.2, 0.25) is 11.9 Å². The van der Waals surface area contributed by atoms with Crippen LogP contribution in [0.3, 0.4) is 0 Å². The Morgan fingerprint density at radius 3 is 2.25 bits per heavy atom. The van der Waals surface area contributed by atoms with Crippen molar-refractivity contribution < 1.29 is 9.53 Å². The van der Waals surface area contributed by atoms with Crippen LogP contribution in [0.4, 0.5) is 11.8 Å². The average Bonchev–Trinajstić information content (AvgIpc) is 2.83. The molecule has 1 aromatic carbocycles. The maximum atomic E-state index is 12.7. The highest BCUT2D eigenvalue weighted by molar-refractivity contribution is 5.76. The summed E-state index contributed by atoms with van der Waals surface area (Å²) in [6.07, 6.45) is 1.28. The topological polar surface area (TPSA) is 65.0 Å². The summed E-state index contributed by atoms with van der Waals surface area (Å²) >= 11 is 0. The van der Waals surface area contributed by atoms with Gasteiger partial charge in [-0.2, -0.15) is 4.98 Å². The molecule has 0 bridgehead atoms. The molecule has 8 nitrogen and oxygen atoms in total. The van der Waals surface area contributed by atoms with Crippen molar-refractivity contribution >= 4 is 17.7 Å². The second-order valence-corrected chi connectivity index (χ2v) is 8.67. The summed E-state index contributed by atoms with van der Waals surface area (Å²) in [7, 11) is 3.82. The molecule has 2 aromatic rings. The number of carbonyl (C=O) groups is 1. The Hall–Kier alpha value is -2.87. The van der Waals surface area contributed by atoms with E-state index in [1.54, 1.807) is 7.11 Å². The number of anilines is 2.